The van der Waals surface area contributed by atoms with Crippen molar-refractivity contribution >= 4 is 5.91 Å². The van der Waals surface area contributed by atoms with Crippen LogP contribution >= 0.6 is 0 Å². The van der Waals surface area contributed by atoms with Gasteiger partial charge in [-0.2, -0.15) is 0 Å². The first-order chi connectivity index (χ1) is 7.28. The molecule has 1 aliphatic rings. The monoisotopic (exact) mass is 227 g/mol. The fraction of sp³-hybridized carbons (Fsp3) is 0.917. The molecule has 0 saturated carbocycles. The first-order valence-corrected chi connectivity index (χ1v) is 6.04. The molecule has 2 N–H and O–H groups in total. The van der Waals surface area contributed by atoms with Crippen molar-refractivity contribution in [1.82, 2.24) is 15.5 Å². The summed E-state index contributed by atoms with van der Waals surface area (Å²) in [6.07, 6.45) is 1.13. The summed E-state index contributed by atoms with van der Waals surface area (Å²) in [5.41, 5.74) is -0.153. The summed E-state index contributed by atoms with van der Waals surface area (Å²) in [6, 6.07) is 0.335. The van der Waals surface area contributed by atoms with Crippen molar-refractivity contribution in [2.45, 2.75) is 51.7 Å². The third kappa shape index (κ3) is 4.49. The SMILES string of the molecule is CC(NC1CCN(C)C1)C(=O)NC(C)(C)C. The molecule has 94 valence electrons. The van der Waals surface area contributed by atoms with Gasteiger partial charge in [0.25, 0.3) is 0 Å². The fourth-order valence-electron chi connectivity index (χ4n) is 1.98. The summed E-state index contributed by atoms with van der Waals surface area (Å²) in [4.78, 5) is 14.1. The molecule has 1 rings (SSSR count). The van der Waals surface area contributed by atoms with E-state index in [-0.39, 0.29) is 17.5 Å². The first-order valence-electron chi connectivity index (χ1n) is 6.04. The molecule has 16 heavy (non-hydrogen) atoms. The molecule has 1 heterocycles. The van der Waals surface area contributed by atoms with Crippen molar-refractivity contribution in [3.05, 3.63) is 0 Å². The minimum atomic E-state index is -0.153. The van der Waals surface area contributed by atoms with Crippen molar-refractivity contribution in [1.29, 1.82) is 0 Å². The Balaban J connectivity index is 2.34. The molecule has 1 fully saturated rings. The van der Waals surface area contributed by atoms with Gasteiger partial charge in [-0.3, -0.25) is 4.79 Å². The number of hydrogen-bond donors (Lipinski definition) is 2. The van der Waals surface area contributed by atoms with Crippen LogP contribution in [0, 0.1) is 0 Å². The van der Waals surface area contributed by atoms with E-state index in [1.54, 1.807) is 0 Å². The lowest BCUT2D eigenvalue weighted by molar-refractivity contribution is -0.124. The Morgan fingerprint density at radius 2 is 2.06 bits per heavy atom. The molecule has 1 amide bonds. The van der Waals surface area contributed by atoms with E-state index in [0.717, 1.165) is 19.5 Å². The van der Waals surface area contributed by atoms with Gasteiger partial charge in [0.1, 0.15) is 0 Å². The number of carbonyl (C=O) groups excluding carboxylic acids is 1. The molecular weight excluding hydrogens is 202 g/mol. The molecule has 4 heteroatoms. The van der Waals surface area contributed by atoms with Gasteiger partial charge in [0.2, 0.25) is 5.91 Å². The Hall–Kier alpha value is -0.610. The van der Waals surface area contributed by atoms with E-state index in [0.29, 0.717) is 6.04 Å². The van der Waals surface area contributed by atoms with E-state index >= 15 is 0 Å². The van der Waals surface area contributed by atoms with Gasteiger partial charge in [0.05, 0.1) is 6.04 Å². The van der Waals surface area contributed by atoms with Crippen molar-refractivity contribution in [2.75, 3.05) is 20.1 Å². The quantitative estimate of drug-likeness (QED) is 0.741. The minimum Gasteiger partial charge on any atom is -0.350 e. The number of nitrogens with one attached hydrogen (secondary N) is 2. The average Bonchev–Trinajstić information content (AvgIpc) is 2.48. The van der Waals surface area contributed by atoms with Gasteiger partial charge in [-0.1, -0.05) is 0 Å². The maximum Gasteiger partial charge on any atom is 0.237 e. The highest BCUT2D eigenvalue weighted by Gasteiger charge is 2.25. The van der Waals surface area contributed by atoms with Gasteiger partial charge < -0.3 is 15.5 Å². The van der Waals surface area contributed by atoms with Crippen LogP contribution in [0.3, 0.4) is 0 Å². The van der Waals surface area contributed by atoms with Gasteiger partial charge in [0, 0.05) is 18.1 Å². The van der Waals surface area contributed by atoms with Gasteiger partial charge >= 0.3 is 0 Å². The molecule has 0 aromatic carbocycles. The Labute approximate surface area is 98.8 Å². The topological polar surface area (TPSA) is 44.4 Å². The molecule has 0 spiro atoms. The van der Waals surface area contributed by atoms with Crippen LogP contribution in [0.15, 0.2) is 0 Å². The minimum absolute atomic E-state index is 0.0852. The number of likely N-dealkylation sites (N-methyl/N-ethyl adjacent to an activating group) is 1. The standard InChI is InChI=1S/C12H25N3O/c1-9(11(16)14-12(2,3)4)13-10-6-7-15(5)8-10/h9-10,13H,6-8H2,1-5H3,(H,14,16). The molecule has 4 nitrogen and oxygen atoms in total. The van der Waals surface area contributed by atoms with Crippen LogP contribution in [0.25, 0.3) is 0 Å². The van der Waals surface area contributed by atoms with Crippen molar-refractivity contribution in [3.63, 3.8) is 0 Å². The largest absolute Gasteiger partial charge is 0.350 e. The molecule has 1 saturated heterocycles. The first kappa shape index (κ1) is 13.5. The van der Waals surface area contributed by atoms with Gasteiger partial charge in [0.15, 0.2) is 0 Å². The summed E-state index contributed by atoms with van der Waals surface area (Å²) in [5.74, 6) is 0.0852. The van der Waals surface area contributed by atoms with Crippen LogP contribution in [-0.4, -0.2) is 48.6 Å². The average molecular weight is 227 g/mol. The number of nitrogens with zero attached hydrogens (tertiary/aromatic N) is 1. The molecule has 1 aliphatic heterocycles. The summed E-state index contributed by atoms with van der Waals surface area (Å²) >= 11 is 0. The zero-order valence-corrected chi connectivity index (χ0v) is 11.1. The van der Waals surface area contributed by atoms with E-state index in [1.165, 1.54) is 0 Å². The highest BCUT2D eigenvalue weighted by Crippen LogP contribution is 2.07. The second-order valence-electron chi connectivity index (χ2n) is 5.88. The Kier molecular flexibility index (Phi) is 4.33. The summed E-state index contributed by atoms with van der Waals surface area (Å²) in [5, 5.41) is 6.37. The predicted molar refractivity (Wildman–Crippen MR) is 66.4 cm³/mol. The molecule has 0 aromatic heterocycles. The number of amides is 1. The summed E-state index contributed by atoms with van der Waals surface area (Å²) in [6.45, 7) is 10.1. The molecule has 0 aliphatic carbocycles. The molecule has 0 aromatic rings. The second kappa shape index (κ2) is 5.15. The van der Waals surface area contributed by atoms with Crippen LogP contribution in [0.2, 0.25) is 0 Å². The third-order valence-electron chi connectivity index (χ3n) is 2.77. The zero-order valence-electron chi connectivity index (χ0n) is 11.1. The maximum absolute atomic E-state index is 11.8. The summed E-state index contributed by atoms with van der Waals surface area (Å²) < 4.78 is 0. The Morgan fingerprint density at radius 3 is 2.50 bits per heavy atom. The van der Waals surface area contributed by atoms with Crippen molar-refractivity contribution < 1.29 is 4.79 Å². The van der Waals surface area contributed by atoms with E-state index in [2.05, 4.69) is 22.6 Å². The molecule has 2 atom stereocenters. The molecule has 0 bridgehead atoms. The predicted octanol–water partition coefficient (Wildman–Crippen LogP) is 0.583. The van der Waals surface area contributed by atoms with Crippen LogP contribution < -0.4 is 10.6 Å². The molecule has 2 unspecified atom stereocenters. The number of hydrogen-bond acceptors (Lipinski definition) is 3. The second-order valence-corrected chi connectivity index (χ2v) is 5.88. The van der Waals surface area contributed by atoms with Crippen molar-refractivity contribution in [3.8, 4) is 0 Å². The number of carbonyl (C=O) groups is 1. The summed E-state index contributed by atoms with van der Waals surface area (Å²) in [7, 11) is 2.11. The lowest BCUT2D eigenvalue weighted by Crippen LogP contribution is -2.52. The normalized spacial score (nSPS) is 24.4. The Bertz CT molecular complexity index is 247. The van der Waals surface area contributed by atoms with E-state index < -0.39 is 0 Å². The number of likely N-dealkylation sites (tertiary alicyclic amines) is 1. The van der Waals surface area contributed by atoms with E-state index in [1.807, 2.05) is 27.7 Å². The third-order valence-corrected chi connectivity index (χ3v) is 2.77. The maximum atomic E-state index is 11.8. The lowest BCUT2D eigenvalue weighted by Gasteiger charge is -2.25. The van der Waals surface area contributed by atoms with Crippen LogP contribution in [-0.2, 0) is 4.79 Å². The highest BCUT2D eigenvalue weighted by molar-refractivity contribution is 5.81. The zero-order chi connectivity index (χ0) is 12.3. The van der Waals surface area contributed by atoms with Gasteiger partial charge in [-0.25, -0.2) is 0 Å². The lowest BCUT2D eigenvalue weighted by atomic mass is 10.1. The highest BCUT2D eigenvalue weighted by atomic mass is 16.2. The van der Waals surface area contributed by atoms with Gasteiger partial charge in [-0.05, 0) is 47.7 Å². The fourth-order valence-corrected chi connectivity index (χ4v) is 1.98. The van der Waals surface area contributed by atoms with Crippen LogP contribution in [0.5, 0.6) is 0 Å². The smallest absolute Gasteiger partial charge is 0.237 e. The van der Waals surface area contributed by atoms with Gasteiger partial charge in [-0.15, -0.1) is 0 Å². The van der Waals surface area contributed by atoms with Crippen LogP contribution in [0.1, 0.15) is 34.1 Å². The van der Waals surface area contributed by atoms with E-state index in [9.17, 15) is 4.79 Å². The Morgan fingerprint density at radius 1 is 1.44 bits per heavy atom. The molecular formula is C12H25N3O. The molecule has 0 radical (unpaired) electrons. The van der Waals surface area contributed by atoms with Crippen molar-refractivity contribution in [2.24, 2.45) is 0 Å². The van der Waals surface area contributed by atoms with E-state index in [4.69, 9.17) is 0 Å². The van der Waals surface area contributed by atoms with Crippen LogP contribution in [0.4, 0.5) is 0 Å². The number of rotatable bonds is 3.